The van der Waals surface area contributed by atoms with Gasteiger partial charge in [-0.1, -0.05) is 24.3 Å². The zero-order valence-corrected chi connectivity index (χ0v) is 10.7. The number of aliphatic hydroxyl groups excluding tert-OH is 1. The van der Waals surface area contributed by atoms with Crippen LogP contribution in [-0.4, -0.2) is 16.2 Å². The largest absolute Gasteiger partial charge is 0.488 e. The van der Waals surface area contributed by atoms with Gasteiger partial charge in [0.2, 0.25) is 0 Å². The van der Waals surface area contributed by atoms with E-state index >= 15 is 0 Å². The van der Waals surface area contributed by atoms with Crippen LogP contribution in [0.2, 0.25) is 0 Å². The van der Waals surface area contributed by atoms with Crippen molar-refractivity contribution in [1.82, 2.24) is 0 Å². The Balaban J connectivity index is 2.12. The Kier molecular flexibility index (Phi) is 4.22. The van der Waals surface area contributed by atoms with Crippen LogP contribution in [0.15, 0.2) is 42.5 Å². The summed E-state index contributed by atoms with van der Waals surface area (Å²) in [7, 11) is 0. The molecule has 0 aromatic heterocycles. The first-order valence-electron chi connectivity index (χ1n) is 6.04. The quantitative estimate of drug-likeness (QED) is 0.725. The van der Waals surface area contributed by atoms with Crippen LogP contribution >= 0.6 is 0 Å². The van der Waals surface area contributed by atoms with Gasteiger partial charge in [0.25, 0.3) is 0 Å². The summed E-state index contributed by atoms with van der Waals surface area (Å²) >= 11 is 0. The summed E-state index contributed by atoms with van der Waals surface area (Å²) in [6, 6.07) is 11.7. The van der Waals surface area contributed by atoms with Gasteiger partial charge in [0, 0.05) is 5.69 Å². The fourth-order valence-corrected chi connectivity index (χ4v) is 1.74. The number of hydrogen-bond donors (Lipinski definition) is 3. The SMILES string of the molecule is Nc1ccc(OCc2ccc(CO)cc2)c(C(=O)O)c1. The van der Waals surface area contributed by atoms with E-state index < -0.39 is 5.97 Å². The molecule has 5 heteroatoms. The molecular weight excluding hydrogens is 258 g/mol. The van der Waals surface area contributed by atoms with Crippen molar-refractivity contribution < 1.29 is 19.7 Å². The van der Waals surface area contributed by atoms with Crippen molar-refractivity contribution in [3.63, 3.8) is 0 Å². The van der Waals surface area contributed by atoms with E-state index in [1.54, 1.807) is 24.3 Å². The third kappa shape index (κ3) is 3.27. The molecule has 0 amide bonds. The van der Waals surface area contributed by atoms with Crippen molar-refractivity contribution in [1.29, 1.82) is 0 Å². The molecule has 5 nitrogen and oxygen atoms in total. The van der Waals surface area contributed by atoms with E-state index in [1.165, 1.54) is 6.07 Å². The van der Waals surface area contributed by atoms with Gasteiger partial charge in [0.05, 0.1) is 6.61 Å². The number of hydrogen-bond acceptors (Lipinski definition) is 4. The zero-order valence-electron chi connectivity index (χ0n) is 10.7. The highest BCUT2D eigenvalue weighted by atomic mass is 16.5. The average molecular weight is 273 g/mol. The molecule has 0 fully saturated rings. The van der Waals surface area contributed by atoms with Gasteiger partial charge in [0.1, 0.15) is 17.9 Å². The zero-order chi connectivity index (χ0) is 14.5. The summed E-state index contributed by atoms with van der Waals surface area (Å²) in [5.74, 6) is -0.805. The molecule has 0 aliphatic carbocycles. The van der Waals surface area contributed by atoms with E-state index in [0.29, 0.717) is 5.69 Å². The molecule has 4 N–H and O–H groups in total. The standard InChI is InChI=1S/C15H15NO4/c16-12-5-6-14(13(7-12)15(18)19)20-9-11-3-1-10(8-17)2-4-11/h1-7,17H,8-9,16H2,(H,18,19). The summed E-state index contributed by atoms with van der Waals surface area (Å²) in [5.41, 5.74) is 7.67. The van der Waals surface area contributed by atoms with Crippen LogP contribution < -0.4 is 10.5 Å². The summed E-state index contributed by atoms with van der Waals surface area (Å²) < 4.78 is 5.51. The number of rotatable bonds is 5. The van der Waals surface area contributed by atoms with Gasteiger partial charge in [-0.05, 0) is 29.3 Å². The molecule has 2 rings (SSSR count). The molecule has 2 aromatic rings. The molecule has 2 aromatic carbocycles. The van der Waals surface area contributed by atoms with E-state index in [4.69, 9.17) is 20.7 Å². The van der Waals surface area contributed by atoms with Crippen molar-refractivity contribution in [3.8, 4) is 5.75 Å². The molecule has 0 aliphatic heterocycles. The summed E-state index contributed by atoms with van der Waals surface area (Å²) in [5, 5.41) is 18.0. The number of aromatic carboxylic acids is 1. The third-order valence-corrected chi connectivity index (χ3v) is 2.83. The molecule has 0 saturated heterocycles. The number of benzene rings is 2. The minimum atomic E-state index is -1.08. The van der Waals surface area contributed by atoms with Crippen LogP contribution in [0.25, 0.3) is 0 Å². The van der Waals surface area contributed by atoms with Gasteiger partial charge in [0.15, 0.2) is 0 Å². The van der Waals surface area contributed by atoms with Crippen LogP contribution in [0.5, 0.6) is 5.75 Å². The normalized spacial score (nSPS) is 10.2. The number of carboxylic acids is 1. The minimum absolute atomic E-state index is 0.0116. The molecule has 0 aliphatic rings. The molecule has 104 valence electrons. The van der Waals surface area contributed by atoms with E-state index in [0.717, 1.165) is 11.1 Å². The number of carbonyl (C=O) groups is 1. The first kappa shape index (κ1) is 13.9. The lowest BCUT2D eigenvalue weighted by Crippen LogP contribution is -2.04. The molecule has 0 bridgehead atoms. The molecule has 0 heterocycles. The van der Waals surface area contributed by atoms with Crippen molar-refractivity contribution in [2.45, 2.75) is 13.2 Å². The lowest BCUT2D eigenvalue weighted by atomic mass is 10.1. The van der Waals surface area contributed by atoms with Crippen LogP contribution in [0, 0.1) is 0 Å². The van der Waals surface area contributed by atoms with Gasteiger partial charge in [-0.2, -0.15) is 0 Å². The van der Waals surface area contributed by atoms with Gasteiger partial charge < -0.3 is 20.7 Å². The van der Waals surface area contributed by atoms with Crippen molar-refractivity contribution in [3.05, 3.63) is 59.2 Å². The maximum atomic E-state index is 11.1. The number of ether oxygens (including phenoxy) is 1. The van der Waals surface area contributed by atoms with E-state index in [-0.39, 0.29) is 24.5 Å². The Hall–Kier alpha value is -2.53. The van der Waals surface area contributed by atoms with E-state index in [9.17, 15) is 4.79 Å². The Morgan fingerprint density at radius 3 is 2.35 bits per heavy atom. The number of carboxylic acid groups (broad SMARTS) is 1. The van der Waals surface area contributed by atoms with Gasteiger partial charge >= 0.3 is 5.97 Å². The lowest BCUT2D eigenvalue weighted by Gasteiger charge is -2.10. The molecule has 0 atom stereocenters. The monoisotopic (exact) mass is 273 g/mol. The topological polar surface area (TPSA) is 92.8 Å². The molecule has 0 saturated carbocycles. The summed E-state index contributed by atoms with van der Waals surface area (Å²) in [6.07, 6.45) is 0. The van der Waals surface area contributed by atoms with Crippen LogP contribution in [0.3, 0.4) is 0 Å². The van der Waals surface area contributed by atoms with Crippen molar-refractivity contribution in [2.24, 2.45) is 0 Å². The van der Waals surface area contributed by atoms with Gasteiger partial charge in [-0.25, -0.2) is 4.79 Å². The van der Waals surface area contributed by atoms with Crippen LogP contribution in [0.4, 0.5) is 5.69 Å². The Bertz CT molecular complexity index is 608. The van der Waals surface area contributed by atoms with Crippen molar-refractivity contribution >= 4 is 11.7 Å². The molecule has 0 spiro atoms. The number of nitrogen functional groups attached to an aromatic ring is 1. The van der Waals surface area contributed by atoms with E-state index in [1.807, 2.05) is 12.1 Å². The highest BCUT2D eigenvalue weighted by molar-refractivity contribution is 5.92. The molecular formula is C15H15NO4. The molecule has 20 heavy (non-hydrogen) atoms. The maximum absolute atomic E-state index is 11.1. The van der Waals surface area contributed by atoms with E-state index in [2.05, 4.69) is 0 Å². The first-order chi connectivity index (χ1) is 9.60. The fourth-order valence-electron chi connectivity index (χ4n) is 1.74. The second-order valence-electron chi connectivity index (χ2n) is 4.32. The maximum Gasteiger partial charge on any atom is 0.339 e. The Morgan fingerprint density at radius 2 is 1.75 bits per heavy atom. The number of anilines is 1. The minimum Gasteiger partial charge on any atom is -0.488 e. The second kappa shape index (κ2) is 6.08. The third-order valence-electron chi connectivity index (χ3n) is 2.83. The molecule has 0 radical (unpaired) electrons. The summed E-state index contributed by atoms with van der Waals surface area (Å²) in [6.45, 7) is 0.234. The highest BCUT2D eigenvalue weighted by Crippen LogP contribution is 2.22. The Morgan fingerprint density at radius 1 is 1.10 bits per heavy atom. The van der Waals surface area contributed by atoms with Gasteiger partial charge in [-0.3, -0.25) is 0 Å². The summed E-state index contributed by atoms with van der Waals surface area (Å²) in [4.78, 5) is 11.1. The number of aliphatic hydroxyl groups is 1. The van der Waals surface area contributed by atoms with Gasteiger partial charge in [-0.15, -0.1) is 0 Å². The lowest BCUT2D eigenvalue weighted by molar-refractivity contribution is 0.0692. The second-order valence-corrected chi connectivity index (χ2v) is 4.32. The predicted octanol–water partition coefficient (Wildman–Crippen LogP) is 2.04. The predicted molar refractivity (Wildman–Crippen MR) is 74.5 cm³/mol. The van der Waals surface area contributed by atoms with Crippen LogP contribution in [0.1, 0.15) is 21.5 Å². The first-order valence-corrected chi connectivity index (χ1v) is 6.04. The average Bonchev–Trinajstić information content (AvgIpc) is 2.46. The smallest absolute Gasteiger partial charge is 0.339 e. The number of nitrogens with two attached hydrogens (primary N) is 1. The fraction of sp³-hybridized carbons (Fsp3) is 0.133. The molecule has 0 unspecified atom stereocenters. The highest BCUT2D eigenvalue weighted by Gasteiger charge is 2.11. The van der Waals surface area contributed by atoms with Crippen molar-refractivity contribution in [2.75, 3.05) is 5.73 Å². The Labute approximate surface area is 116 Å². The van der Waals surface area contributed by atoms with Crippen LogP contribution in [-0.2, 0) is 13.2 Å².